The molecule has 36 heavy (non-hydrogen) atoms. The smallest absolute Gasteiger partial charge is 0.242 e. The van der Waals surface area contributed by atoms with E-state index < -0.39 is 0 Å². The molecule has 0 spiro atoms. The molecule has 6 nitrogen and oxygen atoms in total. The number of nitrogens with zero attached hydrogens (tertiary/aromatic N) is 3. The second kappa shape index (κ2) is 15.2. The number of rotatable bonds is 15. The standard InChI is InChI=1S/C29H42BrN3O3/c1-3-4-17-32(22-27-10-7-18-31(27)21-25-11-14-26(30)15-12-25)29(35)23-33(19-20-36-2)28(34)16-13-24-8-5-6-9-24/h7,10-12,14-15,18,24H,3-6,8-9,13,16-17,19-23H2,1-2H3. The van der Waals surface area contributed by atoms with Gasteiger partial charge in [-0.25, -0.2) is 0 Å². The Morgan fingerprint density at radius 1 is 1.06 bits per heavy atom. The first kappa shape index (κ1) is 28.5. The number of carbonyl (C=O) groups excluding carboxylic acids is 2. The van der Waals surface area contributed by atoms with Crippen LogP contribution in [0.1, 0.15) is 69.5 Å². The maximum absolute atomic E-state index is 13.5. The molecule has 2 amide bonds. The summed E-state index contributed by atoms with van der Waals surface area (Å²) in [4.78, 5) is 30.2. The minimum Gasteiger partial charge on any atom is -0.383 e. The van der Waals surface area contributed by atoms with Crippen molar-refractivity contribution in [2.45, 2.75) is 71.4 Å². The predicted octanol–water partition coefficient (Wildman–Crippen LogP) is 5.87. The van der Waals surface area contributed by atoms with E-state index in [2.05, 4.69) is 51.8 Å². The third-order valence-corrected chi connectivity index (χ3v) is 7.69. The summed E-state index contributed by atoms with van der Waals surface area (Å²) in [6.07, 6.45) is 10.5. The fourth-order valence-corrected chi connectivity index (χ4v) is 5.18. The van der Waals surface area contributed by atoms with Crippen molar-refractivity contribution in [2.24, 2.45) is 5.92 Å². The minimum atomic E-state index is 0.00478. The van der Waals surface area contributed by atoms with E-state index in [0.29, 0.717) is 38.6 Å². The number of halogens is 1. The van der Waals surface area contributed by atoms with Crippen LogP contribution in [0, 0.1) is 5.92 Å². The van der Waals surface area contributed by atoms with Crippen LogP contribution < -0.4 is 0 Å². The van der Waals surface area contributed by atoms with Gasteiger partial charge in [-0.2, -0.15) is 0 Å². The molecule has 3 rings (SSSR count). The molecule has 1 saturated carbocycles. The zero-order valence-corrected chi connectivity index (χ0v) is 23.5. The zero-order valence-electron chi connectivity index (χ0n) is 22.0. The molecule has 2 aromatic rings. The SMILES string of the molecule is CCCCN(Cc1cccn1Cc1ccc(Br)cc1)C(=O)CN(CCOC)C(=O)CCC1CCCC1. The van der Waals surface area contributed by atoms with Crippen molar-refractivity contribution in [1.82, 2.24) is 14.4 Å². The Bertz CT molecular complexity index is 937. The topological polar surface area (TPSA) is 54.8 Å². The molecule has 0 aliphatic heterocycles. The maximum atomic E-state index is 13.5. The molecule has 7 heteroatoms. The molecular weight excluding hydrogens is 518 g/mol. The first-order chi connectivity index (χ1) is 17.5. The minimum absolute atomic E-state index is 0.00478. The van der Waals surface area contributed by atoms with Gasteiger partial charge in [0.2, 0.25) is 11.8 Å². The Labute approximate surface area is 225 Å². The quantitative estimate of drug-likeness (QED) is 0.274. The highest BCUT2D eigenvalue weighted by molar-refractivity contribution is 9.10. The Kier molecular flexibility index (Phi) is 12.0. The van der Waals surface area contributed by atoms with E-state index in [1.807, 2.05) is 23.1 Å². The lowest BCUT2D eigenvalue weighted by Gasteiger charge is -2.28. The summed E-state index contributed by atoms with van der Waals surface area (Å²) < 4.78 is 8.51. The molecular formula is C29H42BrN3O3. The normalized spacial score (nSPS) is 13.8. The van der Waals surface area contributed by atoms with Crippen LogP contribution in [0.15, 0.2) is 47.1 Å². The highest BCUT2D eigenvalue weighted by Gasteiger charge is 2.23. The van der Waals surface area contributed by atoms with E-state index in [9.17, 15) is 9.59 Å². The van der Waals surface area contributed by atoms with Crippen LogP contribution in [0.2, 0.25) is 0 Å². The van der Waals surface area contributed by atoms with Gasteiger partial charge in [-0.3, -0.25) is 9.59 Å². The molecule has 1 aromatic heterocycles. The van der Waals surface area contributed by atoms with E-state index in [1.54, 1.807) is 12.0 Å². The lowest BCUT2D eigenvalue weighted by Crippen LogP contribution is -2.44. The second-order valence-corrected chi connectivity index (χ2v) is 10.8. The lowest BCUT2D eigenvalue weighted by molar-refractivity contribution is -0.141. The van der Waals surface area contributed by atoms with Crippen LogP contribution in [-0.4, -0.2) is 59.5 Å². The lowest BCUT2D eigenvalue weighted by atomic mass is 10.0. The van der Waals surface area contributed by atoms with Crippen LogP contribution in [-0.2, 0) is 27.4 Å². The van der Waals surface area contributed by atoms with Gasteiger partial charge in [-0.05, 0) is 48.6 Å². The summed E-state index contributed by atoms with van der Waals surface area (Å²) in [5.41, 5.74) is 2.30. The largest absolute Gasteiger partial charge is 0.383 e. The molecule has 1 fully saturated rings. The average Bonchev–Trinajstić information content (AvgIpc) is 3.56. The molecule has 0 atom stereocenters. The number of methoxy groups -OCH3 is 1. The fourth-order valence-electron chi connectivity index (χ4n) is 4.91. The zero-order chi connectivity index (χ0) is 25.8. The average molecular weight is 561 g/mol. The van der Waals surface area contributed by atoms with E-state index in [0.717, 1.165) is 36.0 Å². The summed E-state index contributed by atoms with van der Waals surface area (Å²) in [6.45, 7) is 5.12. The number of unbranched alkanes of at least 4 members (excludes halogenated alkanes) is 1. The molecule has 1 aromatic carbocycles. The van der Waals surface area contributed by atoms with E-state index in [4.69, 9.17) is 4.74 Å². The van der Waals surface area contributed by atoms with Gasteiger partial charge in [-0.15, -0.1) is 0 Å². The van der Waals surface area contributed by atoms with E-state index in [-0.39, 0.29) is 18.4 Å². The van der Waals surface area contributed by atoms with Gasteiger partial charge >= 0.3 is 0 Å². The second-order valence-electron chi connectivity index (χ2n) is 9.92. The van der Waals surface area contributed by atoms with Crippen LogP contribution in [0.5, 0.6) is 0 Å². The van der Waals surface area contributed by atoms with Crippen LogP contribution >= 0.6 is 15.9 Å². The molecule has 198 valence electrons. The number of aromatic nitrogens is 1. The van der Waals surface area contributed by atoms with Gasteiger partial charge in [0.25, 0.3) is 0 Å². The highest BCUT2D eigenvalue weighted by atomic mass is 79.9. The van der Waals surface area contributed by atoms with Crippen molar-refractivity contribution < 1.29 is 14.3 Å². The van der Waals surface area contributed by atoms with Crippen molar-refractivity contribution >= 4 is 27.7 Å². The molecule has 1 heterocycles. The van der Waals surface area contributed by atoms with Crippen molar-refractivity contribution in [3.8, 4) is 0 Å². The molecule has 0 unspecified atom stereocenters. The third-order valence-electron chi connectivity index (χ3n) is 7.16. The summed E-state index contributed by atoms with van der Waals surface area (Å²) in [7, 11) is 1.64. The van der Waals surface area contributed by atoms with Crippen molar-refractivity contribution in [3.05, 3.63) is 58.3 Å². The van der Waals surface area contributed by atoms with Gasteiger partial charge < -0.3 is 19.1 Å². The fraction of sp³-hybridized carbons (Fsp3) is 0.586. The van der Waals surface area contributed by atoms with Gasteiger partial charge in [-0.1, -0.05) is 67.1 Å². The number of hydrogen-bond acceptors (Lipinski definition) is 3. The van der Waals surface area contributed by atoms with Gasteiger partial charge in [0, 0.05) is 49.5 Å². The van der Waals surface area contributed by atoms with Crippen LogP contribution in [0.3, 0.4) is 0 Å². The Balaban J connectivity index is 1.65. The number of carbonyl (C=O) groups is 2. The Morgan fingerprint density at radius 3 is 2.50 bits per heavy atom. The molecule has 0 bridgehead atoms. The van der Waals surface area contributed by atoms with E-state index >= 15 is 0 Å². The highest BCUT2D eigenvalue weighted by Crippen LogP contribution is 2.28. The van der Waals surface area contributed by atoms with Gasteiger partial charge in [0.1, 0.15) is 0 Å². The number of ether oxygens (including phenoxy) is 1. The first-order valence-electron chi connectivity index (χ1n) is 13.4. The molecule has 1 aliphatic carbocycles. The molecule has 0 saturated heterocycles. The number of amides is 2. The third kappa shape index (κ3) is 9.07. The monoisotopic (exact) mass is 559 g/mol. The number of hydrogen-bond donors (Lipinski definition) is 0. The summed E-state index contributed by atoms with van der Waals surface area (Å²) in [6, 6.07) is 12.4. The van der Waals surface area contributed by atoms with Crippen molar-refractivity contribution in [2.75, 3.05) is 33.4 Å². The van der Waals surface area contributed by atoms with Crippen molar-refractivity contribution in [3.63, 3.8) is 0 Å². The van der Waals surface area contributed by atoms with Crippen molar-refractivity contribution in [1.29, 1.82) is 0 Å². The molecule has 0 N–H and O–H groups in total. The van der Waals surface area contributed by atoms with Crippen LogP contribution in [0.25, 0.3) is 0 Å². The predicted molar refractivity (Wildman–Crippen MR) is 148 cm³/mol. The Hall–Kier alpha value is -2.12. The van der Waals surface area contributed by atoms with Gasteiger partial charge in [0.05, 0.1) is 19.7 Å². The van der Waals surface area contributed by atoms with Gasteiger partial charge in [0.15, 0.2) is 0 Å². The molecule has 0 radical (unpaired) electrons. The number of benzene rings is 1. The Morgan fingerprint density at radius 2 is 1.81 bits per heavy atom. The molecule has 1 aliphatic rings. The summed E-state index contributed by atoms with van der Waals surface area (Å²) >= 11 is 3.50. The van der Waals surface area contributed by atoms with Crippen LogP contribution in [0.4, 0.5) is 0 Å². The van der Waals surface area contributed by atoms with E-state index in [1.165, 1.54) is 31.2 Å². The summed E-state index contributed by atoms with van der Waals surface area (Å²) in [5, 5.41) is 0. The first-order valence-corrected chi connectivity index (χ1v) is 14.2. The maximum Gasteiger partial charge on any atom is 0.242 e. The summed E-state index contributed by atoms with van der Waals surface area (Å²) in [5.74, 6) is 0.736.